The molecule has 0 aromatic rings. The van der Waals surface area contributed by atoms with Crippen molar-refractivity contribution in [3.8, 4) is 0 Å². The summed E-state index contributed by atoms with van der Waals surface area (Å²) >= 11 is 0. The number of hydrogen-bond acceptors (Lipinski definition) is 1. The highest BCUT2D eigenvalue weighted by Crippen LogP contribution is 2.23. The molecule has 1 heteroatoms. The summed E-state index contributed by atoms with van der Waals surface area (Å²) in [6.45, 7) is 13.4. The number of nitrogens with zero attached hydrogens (tertiary/aromatic N) is 1. The minimum atomic E-state index is 0.516. The van der Waals surface area contributed by atoms with E-state index >= 15 is 0 Å². The molecular weight excluding hydrogens is 182 g/mol. The van der Waals surface area contributed by atoms with Crippen molar-refractivity contribution in [1.29, 1.82) is 0 Å². The first-order valence-corrected chi connectivity index (χ1v) is 6.73. The van der Waals surface area contributed by atoms with Crippen LogP contribution in [0.1, 0.15) is 59.8 Å². The smallest absolute Gasteiger partial charge is 0.00161 e. The van der Waals surface area contributed by atoms with Gasteiger partial charge >= 0.3 is 0 Å². The summed E-state index contributed by atoms with van der Waals surface area (Å²) in [6, 6.07) is 0. The van der Waals surface area contributed by atoms with Crippen molar-refractivity contribution in [2.24, 2.45) is 11.3 Å². The summed E-state index contributed by atoms with van der Waals surface area (Å²) in [7, 11) is 0. The molecule has 0 saturated carbocycles. The Balaban J connectivity index is 2.09. The Morgan fingerprint density at radius 1 is 1.13 bits per heavy atom. The number of piperidine rings is 1. The molecule has 1 fully saturated rings. The van der Waals surface area contributed by atoms with Crippen LogP contribution in [0.5, 0.6) is 0 Å². The van der Waals surface area contributed by atoms with E-state index in [1.807, 2.05) is 0 Å². The van der Waals surface area contributed by atoms with Gasteiger partial charge < -0.3 is 4.90 Å². The third kappa shape index (κ3) is 5.55. The predicted molar refractivity (Wildman–Crippen MR) is 68.1 cm³/mol. The number of hydrogen-bond donors (Lipinski definition) is 0. The van der Waals surface area contributed by atoms with Gasteiger partial charge in [-0.05, 0) is 56.7 Å². The fourth-order valence-electron chi connectivity index (χ4n) is 2.45. The first-order chi connectivity index (χ1) is 7.01. The van der Waals surface area contributed by atoms with Crippen molar-refractivity contribution in [3.05, 3.63) is 0 Å². The molecule has 0 N–H and O–H groups in total. The van der Waals surface area contributed by atoms with Crippen LogP contribution in [0.3, 0.4) is 0 Å². The van der Waals surface area contributed by atoms with Crippen molar-refractivity contribution in [1.82, 2.24) is 4.90 Å². The van der Waals surface area contributed by atoms with Crippen LogP contribution in [0, 0.1) is 11.3 Å². The van der Waals surface area contributed by atoms with E-state index in [1.165, 1.54) is 51.7 Å². The Bertz CT molecular complexity index is 161. The highest BCUT2D eigenvalue weighted by molar-refractivity contribution is 4.72. The normalized spacial score (nSPS) is 20.8. The first kappa shape index (κ1) is 13.0. The zero-order valence-electron chi connectivity index (χ0n) is 11.2. The molecule has 1 heterocycles. The molecule has 0 amide bonds. The second-order valence-electron chi connectivity index (χ2n) is 6.36. The highest BCUT2D eigenvalue weighted by Gasteiger charge is 2.18. The van der Waals surface area contributed by atoms with Crippen LogP contribution in [0.25, 0.3) is 0 Å². The summed E-state index contributed by atoms with van der Waals surface area (Å²) in [6.07, 6.45) is 6.99. The van der Waals surface area contributed by atoms with Crippen molar-refractivity contribution in [3.63, 3.8) is 0 Å². The third-order valence-electron chi connectivity index (χ3n) is 3.69. The van der Waals surface area contributed by atoms with Gasteiger partial charge in [-0.3, -0.25) is 0 Å². The lowest BCUT2D eigenvalue weighted by atomic mass is 9.90. The lowest BCUT2D eigenvalue weighted by Gasteiger charge is -2.32. The van der Waals surface area contributed by atoms with E-state index in [0.29, 0.717) is 5.41 Å². The Hall–Kier alpha value is -0.0400. The van der Waals surface area contributed by atoms with E-state index in [2.05, 4.69) is 32.6 Å². The van der Waals surface area contributed by atoms with Gasteiger partial charge in [-0.25, -0.2) is 0 Å². The molecule has 90 valence electrons. The monoisotopic (exact) mass is 211 g/mol. The minimum Gasteiger partial charge on any atom is -0.303 e. The van der Waals surface area contributed by atoms with Gasteiger partial charge in [-0.2, -0.15) is 0 Å². The second kappa shape index (κ2) is 5.89. The Labute approximate surface area is 96.2 Å². The zero-order chi connectivity index (χ0) is 11.3. The minimum absolute atomic E-state index is 0.516. The fraction of sp³-hybridized carbons (Fsp3) is 1.00. The Kier molecular flexibility index (Phi) is 5.11. The van der Waals surface area contributed by atoms with Gasteiger partial charge in [0.05, 0.1) is 0 Å². The average molecular weight is 211 g/mol. The lowest BCUT2D eigenvalue weighted by molar-refractivity contribution is 0.172. The van der Waals surface area contributed by atoms with Gasteiger partial charge in [0, 0.05) is 0 Å². The van der Waals surface area contributed by atoms with E-state index in [9.17, 15) is 0 Å². The largest absolute Gasteiger partial charge is 0.303 e. The highest BCUT2D eigenvalue weighted by atomic mass is 15.1. The second-order valence-corrected chi connectivity index (χ2v) is 6.36. The molecular formula is C14H29N. The summed E-state index contributed by atoms with van der Waals surface area (Å²) in [5, 5.41) is 0. The molecule has 1 aliphatic heterocycles. The molecule has 1 nitrogen and oxygen atoms in total. The quantitative estimate of drug-likeness (QED) is 0.681. The van der Waals surface area contributed by atoms with E-state index in [1.54, 1.807) is 0 Å². The predicted octanol–water partition coefficient (Wildman–Crippen LogP) is 3.93. The van der Waals surface area contributed by atoms with Gasteiger partial charge in [0.25, 0.3) is 0 Å². The van der Waals surface area contributed by atoms with Gasteiger partial charge in [0.2, 0.25) is 0 Å². The lowest BCUT2D eigenvalue weighted by Crippen LogP contribution is -2.34. The van der Waals surface area contributed by atoms with Crippen LogP contribution < -0.4 is 0 Å². The van der Waals surface area contributed by atoms with Gasteiger partial charge in [0.15, 0.2) is 0 Å². The molecule has 0 atom stereocenters. The van der Waals surface area contributed by atoms with Crippen molar-refractivity contribution >= 4 is 0 Å². The topological polar surface area (TPSA) is 3.24 Å². The molecule has 1 aliphatic rings. The molecule has 0 aromatic heterocycles. The maximum absolute atomic E-state index is 2.66. The number of rotatable bonds is 4. The molecule has 0 unspecified atom stereocenters. The van der Waals surface area contributed by atoms with Gasteiger partial charge in [0.1, 0.15) is 0 Å². The SMILES string of the molecule is CCC1CCN(CCCC(C)(C)C)CC1. The molecule has 0 aromatic carbocycles. The zero-order valence-corrected chi connectivity index (χ0v) is 11.2. The molecule has 0 spiro atoms. The Morgan fingerprint density at radius 2 is 1.73 bits per heavy atom. The standard InChI is InChI=1S/C14H29N/c1-5-13-7-11-15(12-8-13)10-6-9-14(2,3)4/h13H,5-12H2,1-4H3. The maximum atomic E-state index is 2.66. The van der Waals surface area contributed by atoms with E-state index < -0.39 is 0 Å². The first-order valence-electron chi connectivity index (χ1n) is 6.73. The van der Waals surface area contributed by atoms with Crippen LogP contribution in [-0.4, -0.2) is 24.5 Å². The van der Waals surface area contributed by atoms with Crippen molar-refractivity contribution < 1.29 is 0 Å². The molecule has 1 rings (SSSR count). The summed E-state index contributed by atoms with van der Waals surface area (Å²) < 4.78 is 0. The molecule has 0 aliphatic carbocycles. The van der Waals surface area contributed by atoms with Gasteiger partial charge in [-0.15, -0.1) is 0 Å². The van der Waals surface area contributed by atoms with Crippen LogP contribution in [0.2, 0.25) is 0 Å². The van der Waals surface area contributed by atoms with Crippen molar-refractivity contribution in [2.75, 3.05) is 19.6 Å². The van der Waals surface area contributed by atoms with Crippen LogP contribution in [0.15, 0.2) is 0 Å². The van der Waals surface area contributed by atoms with E-state index in [4.69, 9.17) is 0 Å². The van der Waals surface area contributed by atoms with Gasteiger partial charge in [-0.1, -0.05) is 34.1 Å². The maximum Gasteiger partial charge on any atom is -0.00161 e. The van der Waals surface area contributed by atoms with Crippen LogP contribution >= 0.6 is 0 Å². The average Bonchev–Trinajstić information content (AvgIpc) is 2.17. The van der Waals surface area contributed by atoms with Crippen molar-refractivity contribution in [2.45, 2.75) is 59.8 Å². The Morgan fingerprint density at radius 3 is 2.20 bits per heavy atom. The summed E-state index contributed by atoms with van der Waals surface area (Å²) in [5.74, 6) is 1.02. The molecule has 1 saturated heterocycles. The molecule has 0 bridgehead atoms. The van der Waals surface area contributed by atoms with E-state index in [0.717, 1.165) is 5.92 Å². The van der Waals surface area contributed by atoms with E-state index in [-0.39, 0.29) is 0 Å². The summed E-state index contributed by atoms with van der Waals surface area (Å²) in [5.41, 5.74) is 0.516. The molecule has 0 radical (unpaired) electrons. The summed E-state index contributed by atoms with van der Waals surface area (Å²) in [4.78, 5) is 2.66. The van der Waals surface area contributed by atoms with Crippen LogP contribution in [-0.2, 0) is 0 Å². The number of likely N-dealkylation sites (tertiary alicyclic amines) is 1. The van der Waals surface area contributed by atoms with Crippen LogP contribution in [0.4, 0.5) is 0 Å². The fourth-order valence-corrected chi connectivity index (χ4v) is 2.45. The molecule has 15 heavy (non-hydrogen) atoms. The third-order valence-corrected chi connectivity index (χ3v) is 3.69.